The van der Waals surface area contributed by atoms with Crippen LogP contribution in [-0.4, -0.2) is 19.1 Å². The highest BCUT2D eigenvalue weighted by Crippen LogP contribution is 2.39. The lowest BCUT2D eigenvalue weighted by atomic mass is 9.82. The minimum Gasteiger partial charge on any atom is -0.371 e. The number of nitrogens with two attached hydrogens (primary N) is 1. The van der Waals surface area contributed by atoms with Gasteiger partial charge in [-0.2, -0.15) is 0 Å². The third-order valence-corrected chi connectivity index (χ3v) is 5.10. The Bertz CT molecular complexity index is 447. The Morgan fingerprint density at radius 1 is 1.30 bits per heavy atom. The highest BCUT2D eigenvalue weighted by molar-refractivity contribution is 5.55. The third kappa shape index (κ3) is 3.17. The predicted molar refractivity (Wildman–Crippen MR) is 88.4 cm³/mol. The molecule has 0 radical (unpaired) electrons. The summed E-state index contributed by atoms with van der Waals surface area (Å²) in [5.41, 5.74) is 10.6. The van der Waals surface area contributed by atoms with Crippen LogP contribution >= 0.6 is 0 Å². The van der Waals surface area contributed by atoms with E-state index in [4.69, 9.17) is 5.73 Å². The summed E-state index contributed by atoms with van der Waals surface area (Å²) < 4.78 is 0. The molecule has 1 saturated heterocycles. The molecule has 0 amide bonds. The Balaban J connectivity index is 2.14. The van der Waals surface area contributed by atoms with Crippen molar-refractivity contribution in [3.8, 4) is 0 Å². The van der Waals surface area contributed by atoms with Crippen LogP contribution in [0.15, 0.2) is 18.2 Å². The molecule has 1 aromatic carbocycles. The number of anilines is 1. The Hall–Kier alpha value is -1.02. The number of nitrogens with zero attached hydrogens (tertiary/aromatic N) is 1. The first kappa shape index (κ1) is 15.4. The van der Waals surface area contributed by atoms with Crippen LogP contribution < -0.4 is 10.6 Å². The number of rotatable bonds is 5. The molecule has 0 saturated carbocycles. The number of hydrogen-bond donors (Lipinski definition) is 1. The second-order valence-corrected chi connectivity index (χ2v) is 6.68. The van der Waals surface area contributed by atoms with Crippen LogP contribution in [0.5, 0.6) is 0 Å². The average Bonchev–Trinajstić information content (AvgIpc) is 2.83. The number of aryl methyl sites for hydroxylation is 1. The van der Waals surface area contributed by atoms with E-state index in [1.165, 1.54) is 49.2 Å². The molecule has 1 aliphatic rings. The largest absolute Gasteiger partial charge is 0.371 e. The quantitative estimate of drug-likeness (QED) is 0.882. The van der Waals surface area contributed by atoms with Crippen molar-refractivity contribution in [3.05, 3.63) is 29.3 Å². The average molecular weight is 274 g/mol. The maximum Gasteiger partial charge on any atom is 0.0396 e. The van der Waals surface area contributed by atoms with Gasteiger partial charge in [-0.1, -0.05) is 26.0 Å². The molecule has 2 rings (SSSR count). The molecule has 0 spiro atoms. The zero-order valence-electron chi connectivity index (χ0n) is 13.6. The van der Waals surface area contributed by atoms with Gasteiger partial charge in [0.1, 0.15) is 0 Å². The van der Waals surface area contributed by atoms with Crippen molar-refractivity contribution in [2.24, 2.45) is 11.1 Å². The van der Waals surface area contributed by atoms with Crippen LogP contribution in [0, 0.1) is 12.3 Å². The zero-order valence-corrected chi connectivity index (χ0v) is 13.6. The van der Waals surface area contributed by atoms with Crippen molar-refractivity contribution >= 4 is 5.69 Å². The molecule has 1 heterocycles. The van der Waals surface area contributed by atoms with Gasteiger partial charge in [0, 0.05) is 24.8 Å². The third-order valence-electron chi connectivity index (χ3n) is 5.10. The number of benzene rings is 1. The molecule has 2 nitrogen and oxygen atoms in total. The van der Waals surface area contributed by atoms with Gasteiger partial charge in [0.05, 0.1) is 0 Å². The van der Waals surface area contributed by atoms with Gasteiger partial charge < -0.3 is 10.6 Å². The lowest BCUT2D eigenvalue weighted by Crippen LogP contribution is -2.26. The van der Waals surface area contributed by atoms with E-state index in [1.807, 2.05) is 0 Å². The van der Waals surface area contributed by atoms with Crippen LogP contribution in [0.25, 0.3) is 0 Å². The molecule has 0 aliphatic carbocycles. The maximum atomic E-state index is 5.90. The monoisotopic (exact) mass is 274 g/mol. The normalized spacial score (nSPS) is 19.4. The topological polar surface area (TPSA) is 29.3 Å². The van der Waals surface area contributed by atoms with Gasteiger partial charge in [-0.3, -0.25) is 0 Å². The standard InChI is InChI=1S/C18H30N2/c1-5-18(6-2)9-10-20(13-18)17-8-7-16(11-14(17)3)12-15(4)19/h7-8,11,15H,5-6,9-10,12-13,19H2,1-4H3. The SMILES string of the molecule is CCC1(CC)CCN(c2ccc(CC(C)N)cc2C)C1. The molecule has 1 aliphatic heterocycles. The minimum absolute atomic E-state index is 0.236. The molecule has 112 valence electrons. The summed E-state index contributed by atoms with van der Waals surface area (Å²) in [5, 5.41) is 0. The smallest absolute Gasteiger partial charge is 0.0396 e. The predicted octanol–water partition coefficient (Wildman–Crippen LogP) is 3.90. The Morgan fingerprint density at radius 2 is 2.00 bits per heavy atom. The Labute approximate surface area is 124 Å². The fourth-order valence-electron chi connectivity index (χ4n) is 3.54. The first-order valence-corrected chi connectivity index (χ1v) is 8.10. The molecule has 1 fully saturated rings. The van der Waals surface area contributed by atoms with Crippen LogP contribution in [0.4, 0.5) is 5.69 Å². The zero-order chi connectivity index (χ0) is 14.8. The lowest BCUT2D eigenvalue weighted by Gasteiger charge is -2.28. The van der Waals surface area contributed by atoms with Crippen molar-refractivity contribution in [2.75, 3.05) is 18.0 Å². The minimum atomic E-state index is 0.236. The Kier molecular flexibility index (Phi) is 4.74. The van der Waals surface area contributed by atoms with E-state index in [0.717, 1.165) is 6.42 Å². The molecule has 1 atom stereocenters. The van der Waals surface area contributed by atoms with E-state index in [9.17, 15) is 0 Å². The van der Waals surface area contributed by atoms with Gasteiger partial charge in [0.2, 0.25) is 0 Å². The molecular formula is C18H30N2. The van der Waals surface area contributed by atoms with E-state index in [2.05, 4.69) is 50.8 Å². The second kappa shape index (κ2) is 6.17. The van der Waals surface area contributed by atoms with E-state index in [-0.39, 0.29) is 6.04 Å². The van der Waals surface area contributed by atoms with Crippen LogP contribution in [-0.2, 0) is 6.42 Å². The second-order valence-electron chi connectivity index (χ2n) is 6.68. The Morgan fingerprint density at radius 3 is 2.50 bits per heavy atom. The molecular weight excluding hydrogens is 244 g/mol. The molecule has 2 heteroatoms. The molecule has 1 unspecified atom stereocenters. The summed E-state index contributed by atoms with van der Waals surface area (Å²) in [6.07, 6.45) is 4.89. The molecule has 2 N–H and O–H groups in total. The first-order chi connectivity index (χ1) is 9.49. The summed E-state index contributed by atoms with van der Waals surface area (Å²) in [5.74, 6) is 0. The highest BCUT2D eigenvalue weighted by Gasteiger charge is 2.35. The van der Waals surface area contributed by atoms with E-state index in [1.54, 1.807) is 0 Å². The van der Waals surface area contributed by atoms with Crippen molar-refractivity contribution in [2.45, 2.75) is 59.4 Å². The van der Waals surface area contributed by atoms with Gasteiger partial charge >= 0.3 is 0 Å². The summed E-state index contributed by atoms with van der Waals surface area (Å²) in [6.45, 7) is 11.4. The van der Waals surface area contributed by atoms with Crippen molar-refractivity contribution in [1.29, 1.82) is 0 Å². The van der Waals surface area contributed by atoms with Gasteiger partial charge in [-0.05, 0) is 62.1 Å². The van der Waals surface area contributed by atoms with Gasteiger partial charge in [-0.15, -0.1) is 0 Å². The highest BCUT2D eigenvalue weighted by atomic mass is 15.2. The fourth-order valence-corrected chi connectivity index (χ4v) is 3.54. The number of hydrogen-bond acceptors (Lipinski definition) is 2. The van der Waals surface area contributed by atoms with Crippen LogP contribution in [0.3, 0.4) is 0 Å². The first-order valence-electron chi connectivity index (χ1n) is 8.10. The van der Waals surface area contributed by atoms with Crippen molar-refractivity contribution in [1.82, 2.24) is 0 Å². The van der Waals surface area contributed by atoms with Gasteiger partial charge in [0.15, 0.2) is 0 Å². The molecule has 1 aromatic rings. The van der Waals surface area contributed by atoms with E-state index < -0.39 is 0 Å². The molecule has 0 bridgehead atoms. The van der Waals surface area contributed by atoms with Crippen molar-refractivity contribution < 1.29 is 0 Å². The maximum absolute atomic E-state index is 5.90. The van der Waals surface area contributed by atoms with Crippen LogP contribution in [0.1, 0.15) is 51.2 Å². The van der Waals surface area contributed by atoms with Gasteiger partial charge in [0.25, 0.3) is 0 Å². The lowest BCUT2D eigenvalue weighted by molar-refractivity contribution is 0.301. The summed E-state index contributed by atoms with van der Waals surface area (Å²) >= 11 is 0. The summed E-state index contributed by atoms with van der Waals surface area (Å²) in [6, 6.07) is 7.11. The molecule has 0 aromatic heterocycles. The van der Waals surface area contributed by atoms with E-state index in [0.29, 0.717) is 5.41 Å². The molecule has 20 heavy (non-hydrogen) atoms. The van der Waals surface area contributed by atoms with Gasteiger partial charge in [-0.25, -0.2) is 0 Å². The fraction of sp³-hybridized carbons (Fsp3) is 0.667. The van der Waals surface area contributed by atoms with E-state index >= 15 is 0 Å². The summed E-state index contributed by atoms with van der Waals surface area (Å²) in [7, 11) is 0. The van der Waals surface area contributed by atoms with Crippen molar-refractivity contribution in [3.63, 3.8) is 0 Å². The summed E-state index contributed by atoms with van der Waals surface area (Å²) in [4.78, 5) is 2.58. The van der Waals surface area contributed by atoms with Crippen LogP contribution in [0.2, 0.25) is 0 Å².